The molecule has 0 unspecified atom stereocenters. The van der Waals surface area contributed by atoms with Crippen molar-refractivity contribution in [3.05, 3.63) is 0 Å². The zero-order valence-corrected chi connectivity index (χ0v) is 10.2. The molecule has 3 nitrogen and oxygen atoms in total. The monoisotopic (exact) mass is 201 g/mol. The Balaban J connectivity index is 4.56. The van der Waals surface area contributed by atoms with Gasteiger partial charge in [0.15, 0.2) is 0 Å². The highest BCUT2D eigenvalue weighted by Crippen LogP contribution is 2.32. The van der Waals surface area contributed by atoms with Crippen molar-refractivity contribution in [2.24, 2.45) is 17.2 Å². The maximum Gasteiger partial charge on any atom is 0.141 e. The maximum atomic E-state index is 11.9. The lowest BCUT2D eigenvalue weighted by molar-refractivity contribution is -0.135. The SMILES string of the molecule is CC(C)C(=O)C(C)(C)CC(C)(C)ON. The molecule has 0 aliphatic carbocycles. The summed E-state index contributed by atoms with van der Waals surface area (Å²) in [5.41, 5.74) is -0.828. The minimum absolute atomic E-state index is 0.0542. The van der Waals surface area contributed by atoms with Crippen LogP contribution in [0.5, 0.6) is 0 Å². The van der Waals surface area contributed by atoms with E-state index in [1.165, 1.54) is 0 Å². The third-order valence-electron chi connectivity index (χ3n) is 2.38. The predicted octanol–water partition coefficient (Wildman–Crippen LogP) is 2.30. The molecule has 0 spiro atoms. The van der Waals surface area contributed by atoms with Gasteiger partial charge in [-0.1, -0.05) is 27.7 Å². The molecule has 0 atom stereocenters. The van der Waals surface area contributed by atoms with Gasteiger partial charge in [-0.2, -0.15) is 0 Å². The maximum absolute atomic E-state index is 11.9. The summed E-state index contributed by atoms with van der Waals surface area (Å²) in [5, 5.41) is 0. The number of nitrogens with two attached hydrogens (primary N) is 1. The Morgan fingerprint density at radius 1 is 1.29 bits per heavy atom. The largest absolute Gasteiger partial charge is 0.299 e. The van der Waals surface area contributed by atoms with E-state index in [0.29, 0.717) is 6.42 Å². The number of ketones is 1. The van der Waals surface area contributed by atoms with Crippen LogP contribution in [0.4, 0.5) is 0 Å². The lowest BCUT2D eigenvalue weighted by Gasteiger charge is -2.33. The van der Waals surface area contributed by atoms with Gasteiger partial charge < -0.3 is 0 Å². The van der Waals surface area contributed by atoms with Crippen molar-refractivity contribution in [3.63, 3.8) is 0 Å². The number of hydrogen-bond donors (Lipinski definition) is 1. The fourth-order valence-electron chi connectivity index (χ4n) is 1.97. The zero-order valence-electron chi connectivity index (χ0n) is 10.2. The van der Waals surface area contributed by atoms with Crippen LogP contribution in [-0.4, -0.2) is 11.4 Å². The predicted molar refractivity (Wildman–Crippen MR) is 57.6 cm³/mol. The Bertz CT molecular complexity index is 207. The zero-order chi connectivity index (χ0) is 11.6. The first-order chi connectivity index (χ1) is 6.12. The summed E-state index contributed by atoms with van der Waals surface area (Å²) in [6.07, 6.45) is 0.632. The molecule has 0 bridgehead atoms. The molecular weight excluding hydrogens is 178 g/mol. The number of rotatable bonds is 5. The van der Waals surface area contributed by atoms with Gasteiger partial charge >= 0.3 is 0 Å². The molecule has 0 heterocycles. The molecular formula is C11H23NO2. The van der Waals surface area contributed by atoms with Crippen LogP contribution in [-0.2, 0) is 9.63 Å². The van der Waals surface area contributed by atoms with E-state index < -0.39 is 5.60 Å². The van der Waals surface area contributed by atoms with Crippen molar-refractivity contribution < 1.29 is 9.63 Å². The molecule has 0 aromatic heterocycles. The second-order valence-electron chi connectivity index (χ2n) is 5.46. The van der Waals surface area contributed by atoms with Crippen molar-refractivity contribution in [2.45, 2.75) is 53.6 Å². The van der Waals surface area contributed by atoms with Gasteiger partial charge in [0.2, 0.25) is 0 Å². The van der Waals surface area contributed by atoms with Crippen LogP contribution in [0.25, 0.3) is 0 Å². The number of carbonyl (C=O) groups is 1. The van der Waals surface area contributed by atoms with Gasteiger partial charge in [-0.15, -0.1) is 0 Å². The summed E-state index contributed by atoms with van der Waals surface area (Å²) < 4.78 is 0. The van der Waals surface area contributed by atoms with Gasteiger partial charge in [0, 0.05) is 11.3 Å². The van der Waals surface area contributed by atoms with Gasteiger partial charge in [0.1, 0.15) is 5.78 Å². The second kappa shape index (κ2) is 4.41. The molecule has 0 radical (unpaired) electrons. The van der Waals surface area contributed by atoms with Crippen LogP contribution >= 0.6 is 0 Å². The van der Waals surface area contributed by atoms with E-state index in [1.54, 1.807) is 0 Å². The van der Waals surface area contributed by atoms with Crippen molar-refractivity contribution in [2.75, 3.05) is 0 Å². The van der Waals surface area contributed by atoms with Gasteiger partial charge in [0.25, 0.3) is 0 Å². The minimum Gasteiger partial charge on any atom is -0.299 e. The van der Waals surface area contributed by atoms with Gasteiger partial charge in [-0.05, 0) is 20.3 Å². The van der Waals surface area contributed by atoms with Crippen LogP contribution in [0, 0.1) is 11.3 Å². The third-order valence-corrected chi connectivity index (χ3v) is 2.38. The highest BCUT2D eigenvalue weighted by molar-refractivity contribution is 5.85. The van der Waals surface area contributed by atoms with E-state index >= 15 is 0 Å². The van der Waals surface area contributed by atoms with Crippen molar-refractivity contribution >= 4 is 5.78 Å². The summed E-state index contributed by atoms with van der Waals surface area (Å²) in [6.45, 7) is 11.5. The fraction of sp³-hybridized carbons (Fsp3) is 0.909. The smallest absolute Gasteiger partial charge is 0.141 e. The fourth-order valence-corrected chi connectivity index (χ4v) is 1.97. The standard InChI is InChI=1S/C11H23NO2/c1-8(2)9(13)10(3,4)7-11(5,6)14-12/h8H,7,12H2,1-6H3. The Hall–Kier alpha value is -0.410. The summed E-state index contributed by atoms with van der Waals surface area (Å²) in [7, 11) is 0. The molecule has 0 saturated heterocycles. The quantitative estimate of drug-likeness (QED) is 0.694. The van der Waals surface area contributed by atoms with Crippen LogP contribution in [0.15, 0.2) is 0 Å². The Morgan fingerprint density at radius 3 is 2.00 bits per heavy atom. The summed E-state index contributed by atoms with van der Waals surface area (Å²) >= 11 is 0. The second-order valence-corrected chi connectivity index (χ2v) is 5.46. The van der Waals surface area contributed by atoms with Crippen LogP contribution in [0.3, 0.4) is 0 Å². The first-order valence-corrected chi connectivity index (χ1v) is 5.04. The van der Waals surface area contributed by atoms with Crippen molar-refractivity contribution in [1.82, 2.24) is 0 Å². The highest BCUT2D eigenvalue weighted by atomic mass is 16.6. The molecule has 0 aliphatic heterocycles. The highest BCUT2D eigenvalue weighted by Gasteiger charge is 2.35. The Morgan fingerprint density at radius 2 is 1.71 bits per heavy atom. The molecule has 3 heteroatoms. The van der Waals surface area contributed by atoms with Crippen LogP contribution in [0.1, 0.15) is 48.0 Å². The number of carbonyl (C=O) groups excluding carboxylic acids is 1. The van der Waals surface area contributed by atoms with Gasteiger partial charge in [-0.3, -0.25) is 9.63 Å². The Labute approximate surface area is 87.0 Å². The number of Topliss-reactive ketones (excluding diaryl/α,β-unsaturated/α-hetero) is 1. The molecule has 0 aliphatic rings. The van der Waals surface area contributed by atoms with E-state index in [4.69, 9.17) is 10.7 Å². The molecule has 0 fully saturated rings. The Kier molecular flexibility index (Phi) is 4.28. The van der Waals surface area contributed by atoms with Crippen molar-refractivity contribution in [3.8, 4) is 0 Å². The van der Waals surface area contributed by atoms with E-state index in [9.17, 15) is 4.79 Å². The average Bonchev–Trinajstić information content (AvgIpc) is 2.01. The molecule has 0 aromatic carbocycles. The lowest BCUT2D eigenvalue weighted by atomic mass is 9.75. The van der Waals surface area contributed by atoms with Gasteiger partial charge in [0.05, 0.1) is 5.60 Å². The molecule has 0 aromatic rings. The molecule has 0 amide bonds. The van der Waals surface area contributed by atoms with E-state index in [0.717, 1.165) is 0 Å². The average molecular weight is 201 g/mol. The topological polar surface area (TPSA) is 52.3 Å². The van der Waals surface area contributed by atoms with E-state index in [1.807, 2.05) is 41.5 Å². The summed E-state index contributed by atoms with van der Waals surface area (Å²) in [5.74, 6) is 5.49. The normalized spacial score (nSPS) is 13.4. The molecule has 14 heavy (non-hydrogen) atoms. The molecule has 84 valence electrons. The van der Waals surface area contributed by atoms with E-state index in [-0.39, 0.29) is 17.1 Å². The summed E-state index contributed by atoms with van der Waals surface area (Å²) in [6, 6.07) is 0. The third kappa shape index (κ3) is 3.76. The lowest BCUT2D eigenvalue weighted by Crippen LogP contribution is -2.39. The summed E-state index contributed by atoms with van der Waals surface area (Å²) in [4.78, 5) is 16.7. The van der Waals surface area contributed by atoms with Crippen LogP contribution in [0.2, 0.25) is 0 Å². The number of hydrogen-bond acceptors (Lipinski definition) is 3. The molecule has 0 saturated carbocycles. The van der Waals surface area contributed by atoms with E-state index in [2.05, 4.69) is 0 Å². The minimum atomic E-state index is -0.450. The van der Waals surface area contributed by atoms with Gasteiger partial charge in [-0.25, -0.2) is 5.90 Å². The molecule has 0 rings (SSSR count). The van der Waals surface area contributed by atoms with Crippen molar-refractivity contribution in [1.29, 1.82) is 0 Å². The van der Waals surface area contributed by atoms with Crippen LogP contribution < -0.4 is 5.90 Å². The first-order valence-electron chi connectivity index (χ1n) is 5.04. The molecule has 2 N–H and O–H groups in total. The first kappa shape index (κ1) is 13.6.